The second-order valence-corrected chi connectivity index (χ2v) is 13.8. The molecule has 9 aromatic carbocycles. The summed E-state index contributed by atoms with van der Waals surface area (Å²) in [7, 11) is 0. The van der Waals surface area contributed by atoms with Gasteiger partial charge in [-0.3, -0.25) is 0 Å². The quantitative estimate of drug-likeness (QED) is 0.174. The van der Waals surface area contributed by atoms with Crippen molar-refractivity contribution in [2.75, 3.05) is 0 Å². The fourth-order valence-corrected chi connectivity index (χ4v) is 8.31. The van der Waals surface area contributed by atoms with Gasteiger partial charge in [0.1, 0.15) is 0 Å². The number of nitrogens with zero attached hydrogens (tertiary/aromatic N) is 3. The second-order valence-electron chi connectivity index (χ2n) is 13.8. The average Bonchev–Trinajstić information content (AvgIpc) is 3.56. The highest BCUT2D eigenvalue weighted by Crippen LogP contribution is 2.42. The van der Waals surface area contributed by atoms with Crippen molar-refractivity contribution < 1.29 is 0 Å². The first-order valence-corrected chi connectivity index (χ1v) is 18.1. The summed E-state index contributed by atoms with van der Waals surface area (Å²) in [4.78, 5) is 10.3. The SMILES string of the molecule is c1ccc(-c2cc(-c3ccccc3)nc(-c3ccc4c(c3)c3ccccc3c3cc5c(cc43)c3ccccc3n5-c3cccc4ccccc34)n2)cc1. The maximum Gasteiger partial charge on any atom is 0.160 e. The van der Waals surface area contributed by atoms with Gasteiger partial charge < -0.3 is 4.57 Å². The van der Waals surface area contributed by atoms with Crippen LogP contribution in [0.3, 0.4) is 0 Å². The van der Waals surface area contributed by atoms with Crippen LogP contribution in [0.25, 0.3) is 104 Å². The molecule has 0 spiro atoms. The van der Waals surface area contributed by atoms with E-state index >= 15 is 0 Å². The molecule has 2 aromatic heterocycles. The Hall–Kier alpha value is -7.10. The van der Waals surface area contributed by atoms with Gasteiger partial charge in [-0.2, -0.15) is 0 Å². The molecule has 0 aliphatic rings. The Kier molecular flexibility index (Phi) is 6.55. The Morgan fingerprint density at radius 1 is 0.302 bits per heavy atom. The summed E-state index contributed by atoms with van der Waals surface area (Å²) < 4.78 is 2.45. The second kappa shape index (κ2) is 11.7. The molecular formula is C50H31N3. The van der Waals surface area contributed by atoms with Gasteiger partial charge >= 0.3 is 0 Å². The predicted molar refractivity (Wildman–Crippen MR) is 223 cm³/mol. The molecule has 3 heteroatoms. The highest BCUT2D eigenvalue weighted by Gasteiger charge is 2.18. The van der Waals surface area contributed by atoms with E-state index in [0.29, 0.717) is 5.82 Å². The van der Waals surface area contributed by atoms with Crippen LogP contribution in [0, 0.1) is 0 Å². The monoisotopic (exact) mass is 673 g/mol. The van der Waals surface area contributed by atoms with Gasteiger partial charge in [0, 0.05) is 32.8 Å². The number of fused-ring (bicyclic) bond motifs is 10. The summed E-state index contributed by atoms with van der Waals surface area (Å²) in [5.74, 6) is 0.713. The van der Waals surface area contributed by atoms with Crippen LogP contribution < -0.4 is 0 Å². The third kappa shape index (κ3) is 4.68. The molecule has 0 N–H and O–H groups in total. The number of benzene rings is 9. The fraction of sp³-hybridized carbons (Fsp3) is 0. The number of rotatable bonds is 4. The van der Waals surface area contributed by atoms with Gasteiger partial charge in [-0.15, -0.1) is 0 Å². The first-order chi connectivity index (χ1) is 26.3. The van der Waals surface area contributed by atoms with E-state index in [1.54, 1.807) is 0 Å². The fourth-order valence-electron chi connectivity index (χ4n) is 8.31. The van der Waals surface area contributed by atoms with Crippen LogP contribution in [0.1, 0.15) is 0 Å². The van der Waals surface area contributed by atoms with E-state index in [1.165, 1.54) is 70.6 Å². The molecular weight excluding hydrogens is 643 g/mol. The van der Waals surface area contributed by atoms with Crippen LogP contribution in [0.2, 0.25) is 0 Å². The van der Waals surface area contributed by atoms with Gasteiger partial charge in [0.25, 0.3) is 0 Å². The van der Waals surface area contributed by atoms with E-state index in [-0.39, 0.29) is 0 Å². The van der Waals surface area contributed by atoms with Gasteiger partial charge in [0.2, 0.25) is 0 Å². The van der Waals surface area contributed by atoms with Crippen LogP contribution in [-0.4, -0.2) is 14.5 Å². The number of aromatic nitrogens is 3. The lowest BCUT2D eigenvalue weighted by Crippen LogP contribution is -1.96. The topological polar surface area (TPSA) is 30.7 Å². The standard InChI is InChI=1S/C50H31N3/c1-3-15-33(16-4-1)45-31-46(34-17-5-2-6-18-34)52-50(51-45)35-26-27-39-41(28-35)37-21-9-10-22-38(37)43-30-49-44(29-42(39)43)40-23-11-12-24-48(40)53(49)47-25-13-19-32-14-7-8-20-36(32)47/h1-31H. The summed E-state index contributed by atoms with van der Waals surface area (Å²) in [6.45, 7) is 0. The minimum absolute atomic E-state index is 0.713. The van der Waals surface area contributed by atoms with Crippen LogP contribution in [0.5, 0.6) is 0 Å². The van der Waals surface area contributed by atoms with E-state index in [9.17, 15) is 0 Å². The van der Waals surface area contributed by atoms with Gasteiger partial charge in [-0.05, 0) is 74.1 Å². The van der Waals surface area contributed by atoms with Crippen molar-refractivity contribution in [1.29, 1.82) is 0 Å². The molecule has 0 amide bonds. The minimum atomic E-state index is 0.713. The Morgan fingerprint density at radius 3 is 1.57 bits per heavy atom. The lowest BCUT2D eigenvalue weighted by molar-refractivity contribution is 1.18. The van der Waals surface area contributed by atoms with Crippen molar-refractivity contribution in [3.8, 4) is 39.6 Å². The van der Waals surface area contributed by atoms with E-state index in [1.807, 2.05) is 12.1 Å². The summed E-state index contributed by atoms with van der Waals surface area (Å²) in [6, 6.07) is 67.3. The number of para-hydroxylation sites is 1. The highest BCUT2D eigenvalue weighted by molar-refractivity contribution is 6.29. The molecule has 0 bridgehead atoms. The van der Waals surface area contributed by atoms with Gasteiger partial charge in [0.05, 0.1) is 28.1 Å². The molecule has 0 saturated carbocycles. The molecule has 0 saturated heterocycles. The van der Waals surface area contributed by atoms with Crippen LogP contribution in [0.15, 0.2) is 188 Å². The molecule has 246 valence electrons. The summed E-state index contributed by atoms with van der Waals surface area (Å²) in [5.41, 5.74) is 8.53. The molecule has 0 radical (unpaired) electrons. The summed E-state index contributed by atoms with van der Waals surface area (Å²) in [5, 5.41) is 12.3. The summed E-state index contributed by atoms with van der Waals surface area (Å²) in [6.07, 6.45) is 0. The number of hydrogen-bond donors (Lipinski definition) is 0. The van der Waals surface area contributed by atoms with Gasteiger partial charge in [0.15, 0.2) is 5.82 Å². The van der Waals surface area contributed by atoms with Crippen molar-refractivity contribution >= 4 is 64.9 Å². The zero-order chi connectivity index (χ0) is 34.9. The largest absolute Gasteiger partial charge is 0.309 e. The van der Waals surface area contributed by atoms with Crippen LogP contribution >= 0.6 is 0 Å². The molecule has 0 aliphatic heterocycles. The third-order valence-corrected chi connectivity index (χ3v) is 10.8. The normalized spacial score (nSPS) is 11.8. The Labute approximate surface area is 306 Å². The average molecular weight is 674 g/mol. The lowest BCUT2D eigenvalue weighted by atomic mass is 9.92. The summed E-state index contributed by atoms with van der Waals surface area (Å²) >= 11 is 0. The molecule has 11 aromatic rings. The Bertz CT molecular complexity index is 3150. The molecule has 53 heavy (non-hydrogen) atoms. The highest BCUT2D eigenvalue weighted by atomic mass is 15.0. The van der Waals surface area contributed by atoms with Crippen molar-refractivity contribution in [3.63, 3.8) is 0 Å². The zero-order valence-corrected chi connectivity index (χ0v) is 28.7. The maximum absolute atomic E-state index is 5.16. The first-order valence-electron chi connectivity index (χ1n) is 18.1. The molecule has 3 nitrogen and oxygen atoms in total. The molecule has 0 unspecified atom stereocenters. The Morgan fingerprint density at radius 2 is 0.849 bits per heavy atom. The van der Waals surface area contributed by atoms with E-state index in [0.717, 1.165) is 28.1 Å². The molecule has 0 fully saturated rings. The predicted octanol–water partition coefficient (Wildman–Crippen LogP) is 13.2. The van der Waals surface area contributed by atoms with Crippen molar-refractivity contribution in [2.24, 2.45) is 0 Å². The van der Waals surface area contributed by atoms with Crippen LogP contribution in [0.4, 0.5) is 0 Å². The zero-order valence-electron chi connectivity index (χ0n) is 28.7. The molecule has 2 heterocycles. The lowest BCUT2D eigenvalue weighted by Gasteiger charge is -2.15. The third-order valence-electron chi connectivity index (χ3n) is 10.8. The smallest absolute Gasteiger partial charge is 0.160 e. The Balaban J connectivity index is 1.19. The van der Waals surface area contributed by atoms with Crippen molar-refractivity contribution in [3.05, 3.63) is 188 Å². The van der Waals surface area contributed by atoms with Gasteiger partial charge in [-0.1, -0.05) is 152 Å². The molecule has 11 rings (SSSR count). The minimum Gasteiger partial charge on any atom is -0.309 e. The van der Waals surface area contributed by atoms with E-state index in [4.69, 9.17) is 9.97 Å². The maximum atomic E-state index is 5.16. The molecule has 0 atom stereocenters. The van der Waals surface area contributed by atoms with Gasteiger partial charge in [-0.25, -0.2) is 9.97 Å². The van der Waals surface area contributed by atoms with Crippen molar-refractivity contribution in [2.45, 2.75) is 0 Å². The van der Waals surface area contributed by atoms with E-state index < -0.39 is 0 Å². The van der Waals surface area contributed by atoms with E-state index in [2.05, 4.69) is 180 Å². The van der Waals surface area contributed by atoms with Crippen LogP contribution in [-0.2, 0) is 0 Å². The number of hydrogen-bond acceptors (Lipinski definition) is 2. The molecule has 0 aliphatic carbocycles. The first kappa shape index (κ1) is 29.6. The van der Waals surface area contributed by atoms with Crippen molar-refractivity contribution in [1.82, 2.24) is 14.5 Å².